The highest BCUT2D eigenvalue weighted by Gasteiger charge is 2.15. The lowest BCUT2D eigenvalue weighted by Crippen LogP contribution is -1.92. The molecule has 0 saturated heterocycles. The first-order chi connectivity index (χ1) is 9.31. The van der Waals surface area contributed by atoms with Gasteiger partial charge in [0.1, 0.15) is 11.5 Å². The molecule has 0 atom stereocenters. The largest absolute Gasteiger partial charge is 0.454 e. The van der Waals surface area contributed by atoms with Crippen LogP contribution in [0.25, 0.3) is 20.7 Å². The Kier molecular flexibility index (Phi) is 2.36. The van der Waals surface area contributed by atoms with Crippen LogP contribution in [0.1, 0.15) is 0 Å². The maximum atomic E-state index is 6.07. The van der Waals surface area contributed by atoms with E-state index in [1.165, 1.54) is 6.33 Å². The van der Waals surface area contributed by atoms with Gasteiger partial charge in [0.15, 0.2) is 11.5 Å². The van der Waals surface area contributed by atoms with Crippen molar-refractivity contribution in [3.63, 3.8) is 0 Å². The predicted molar refractivity (Wildman–Crippen MR) is 74.0 cm³/mol. The number of benzene rings is 1. The number of nitrogens with zero attached hydrogens (tertiary/aromatic N) is 2. The lowest BCUT2D eigenvalue weighted by atomic mass is 10.1. The SMILES string of the molecule is Clc1ncnc2cc(-c3ccc4c(c3)OCO4)sc12. The Morgan fingerprint density at radius 3 is 2.89 bits per heavy atom. The molecule has 0 fully saturated rings. The minimum Gasteiger partial charge on any atom is -0.454 e. The van der Waals surface area contributed by atoms with Gasteiger partial charge >= 0.3 is 0 Å². The van der Waals surface area contributed by atoms with Gasteiger partial charge in [-0.05, 0) is 29.8 Å². The van der Waals surface area contributed by atoms with E-state index in [2.05, 4.69) is 9.97 Å². The summed E-state index contributed by atoms with van der Waals surface area (Å²) in [4.78, 5) is 9.29. The fourth-order valence-corrected chi connectivity index (χ4v) is 3.26. The summed E-state index contributed by atoms with van der Waals surface area (Å²) in [6.07, 6.45) is 1.47. The van der Waals surface area contributed by atoms with Crippen molar-refractivity contribution in [2.24, 2.45) is 0 Å². The molecule has 1 aliphatic rings. The van der Waals surface area contributed by atoms with Crippen LogP contribution >= 0.6 is 22.9 Å². The Bertz CT molecular complexity index is 787. The molecular formula is C13H7ClN2O2S. The summed E-state index contributed by atoms with van der Waals surface area (Å²) < 4.78 is 11.6. The van der Waals surface area contributed by atoms with Crippen LogP contribution in [-0.4, -0.2) is 16.8 Å². The van der Waals surface area contributed by atoms with Crippen LogP contribution in [0.3, 0.4) is 0 Å². The van der Waals surface area contributed by atoms with Gasteiger partial charge in [0.05, 0.1) is 10.2 Å². The second-order valence-electron chi connectivity index (χ2n) is 4.06. The number of fused-ring (bicyclic) bond motifs is 2. The fourth-order valence-electron chi connectivity index (χ4n) is 2.02. The van der Waals surface area contributed by atoms with Gasteiger partial charge in [-0.2, -0.15) is 0 Å². The summed E-state index contributed by atoms with van der Waals surface area (Å²) >= 11 is 7.64. The summed E-state index contributed by atoms with van der Waals surface area (Å²) in [6.45, 7) is 0.280. The first-order valence-corrected chi connectivity index (χ1v) is 6.81. The first kappa shape index (κ1) is 11.0. The molecule has 0 saturated carbocycles. The molecule has 1 aliphatic heterocycles. The number of ether oxygens (including phenoxy) is 2. The van der Waals surface area contributed by atoms with Crippen molar-refractivity contribution in [1.82, 2.24) is 9.97 Å². The van der Waals surface area contributed by atoms with E-state index in [0.29, 0.717) is 5.15 Å². The van der Waals surface area contributed by atoms with Crippen LogP contribution in [0, 0.1) is 0 Å². The Balaban J connectivity index is 1.88. The van der Waals surface area contributed by atoms with E-state index >= 15 is 0 Å². The second-order valence-corrected chi connectivity index (χ2v) is 5.47. The third-order valence-corrected chi connectivity index (χ3v) is 4.50. The van der Waals surface area contributed by atoms with Crippen molar-refractivity contribution in [1.29, 1.82) is 0 Å². The van der Waals surface area contributed by atoms with Gasteiger partial charge < -0.3 is 9.47 Å². The summed E-state index contributed by atoms with van der Waals surface area (Å²) in [7, 11) is 0. The highest BCUT2D eigenvalue weighted by Crippen LogP contribution is 2.40. The number of hydrogen-bond acceptors (Lipinski definition) is 5. The average Bonchev–Trinajstić information content (AvgIpc) is 3.04. The van der Waals surface area contributed by atoms with Gasteiger partial charge in [-0.15, -0.1) is 11.3 Å². The normalized spacial score (nSPS) is 13.1. The average molecular weight is 291 g/mol. The fraction of sp³-hybridized carbons (Fsp3) is 0.0769. The van der Waals surface area contributed by atoms with Crippen LogP contribution in [0.4, 0.5) is 0 Å². The minimum atomic E-state index is 0.280. The lowest BCUT2D eigenvalue weighted by molar-refractivity contribution is 0.174. The quantitative estimate of drug-likeness (QED) is 0.640. The van der Waals surface area contributed by atoms with Crippen LogP contribution in [-0.2, 0) is 0 Å². The minimum absolute atomic E-state index is 0.280. The molecule has 2 aromatic heterocycles. The highest BCUT2D eigenvalue weighted by atomic mass is 35.5. The van der Waals surface area contributed by atoms with Crippen molar-refractivity contribution < 1.29 is 9.47 Å². The zero-order valence-electron chi connectivity index (χ0n) is 9.59. The zero-order chi connectivity index (χ0) is 12.8. The Morgan fingerprint density at radius 2 is 2.00 bits per heavy atom. The maximum absolute atomic E-state index is 6.07. The number of rotatable bonds is 1. The van der Waals surface area contributed by atoms with Gasteiger partial charge in [0.2, 0.25) is 6.79 Å². The molecule has 6 heteroatoms. The predicted octanol–water partition coefficient (Wildman–Crippen LogP) is 3.74. The molecule has 94 valence electrons. The summed E-state index contributed by atoms with van der Waals surface area (Å²) in [5.74, 6) is 1.55. The van der Waals surface area contributed by atoms with Crippen molar-refractivity contribution in [3.05, 3.63) is 35.7 Å². The third kappa shape index (κ3) is 1.74. The second kappa shape index (κ2) is 4.08. The monoisotopic (exact) mass is 290 g/mol. The van der Waals surface area contributed by atoms with E-state index in [1.54, 1.807) is 11.3 Å². The van der Waals surface area contributed by atoms with Crippen molar-refractivity contribution >= 4 is 33.2 Å². The van der Waals surface area contributed by atoms with Crippen LogP contribution in [0.15, 0.2) is 30.6 Å². The Labute approximate surface area is 117 Å². The van der Waals surface area contributed by atoms with Crippen molar-refractivity contribution in [2.45, 2.75) is 0 Å². The summed E-state index contributed by atoms with van der Waals surface area (Å²) in [6, 6.07) is 7.88. The smallest absolute Gasteiger partial charge is 0.231 e. The topological polar surface area (TPSA) is 44.2 Å². The summed E-state index contributed by atoms with van der Waals surface area (Å²) in [5.41, 5.74) is 1.92. The number of thiophene rings is 1. The molecule has 3 aromatic rings. The number of halogens is 1. The maximum Gasteiger partial charge on any atom is 0.231 e. The number of hydrogen-bond donors (Lipinski definition) is 0. The van der Waals surface area contributed by atoms with Gasteiger partial charge in [0.25, 0.3) is 0 Å². The van der Waals surface area contributed by atoms with E-state index in [1.807, 2.05) is 24.3 Å². The molecule has 0 aliphatic carbocycles. The van der Waals surface area contributed by atoms with E-state index in [4.69, 9.17) is 21.1 Å². The van der Waals surface area contributed by atoms with Gasteiger partial charge in [-0.25, -0.2) is 9.97 Å². The van der Waals surface area contributed by atoms with Gasteiger partial charge in [0, 0.05) is 4.88 Å². The molecule has 3 heterocycles. The summed E-state index contributed by atoms with van der Waals surface area (Å²) in [5, 5.41) is 0.488. The zero-order valence-corrected chi connectivity index (χ0v) is 11.2. The van der Waals surface area contributed by atoms with Gasteiger partial charge in [-0.1, -0.05) is 11.6 Å². The van der Waals surface area contributed by atoms with Crippen LogP contribution in [0.5, 0.6) is 11.5 Å². The molecule has 1 aromatic carbocycles. The molecule has 0 N–H and O–H groups in total. The molecule has 19 heavy (non-hydrogen) atoms. The molecule has 0 bridgehead atoms. The first-order valence-electron chi connectivity index (χ1n) is 5.61. The van der Waals surface area contributed by atoms with Crippen LogP contribution in [0.2, 0.25) is 5.15 Å². The van der Waals surface area contributed by atoms with Crippen LogP contribution < -0.4 is 9.47 Å². The van der Waals surface area contributed by atoms with E-state index < -0.39 is 0 Å². The molecule has 4 nitrogen and oxygen atoms in total. The molecule has 0 spiro atoms. The number of aromatic nitrogens is 2. The highest BCUT2D eigenvalue weighted by molar-refractivity contribution is 7.22. The molecule has 4 rings (SSSR count). The van der Waals surface area contributed by atoms with E-state index in [9.17, 15) is 0 Å². The van der Waals surface area contributed by atoms with Crippen molar-refractivity contribution in [2.75, 3.05) is 6.79 Å². The molecule has 0 amide bonds. The van der Waals surface area contributed by atoms with E-state index in [0.717, 1.165) is 32.2 Å². The molecule has 0 unspecified atom stereocenters. The standard InChI is InChI=1S/C13H7ClN2O2S/c14-13-12-8(15-5-16-13)4-11(19-12)7-1-2-9-10(3-7)18-6-17-9/h1-5H,6H2. The van der Waals surface area contributed by atoms with Gasteiger partial charge in [-0.3, -0.25) is 0 Å². The Morgan fingerprint density at radius 1 is 1.11 bits per heavy atom. The third-order valence-electron chi connectivity index (χ3n) is 2.92. The van der Waals surface area contributed by atoms with Crippen molar-refractivity contribution in [3.8, 4) is 21.9 Å². The van der Waals surface area contributed by atoms with E-state index in [-0.39, 0.29) is 6.79 Å². The lowest BCUT2D eigenvalue weighted by Gasteiger charge is -1.99. The molecular weight excluding hydrogens is 284 g/mol. The molecule has 0 radical (unpaired) electrons. The Hall–Kier alpha value is -1.85.